The van der Waals surface area contributed by atoms with E-state index in [0.29, 0.717) is 36.9 Å². The molecule has 0 bridgehead atoms. The van der Waals surface area contributed by atoms with Crippen LogP contribution in [0.3, 0.4) is 0 Å². The molecular formula is C27H31N5O3. The highest BCUT2D eigenvalue weighted by molar-refractivity contribution is 5.93. The third-order valence-corrected chi connectivity index (χ3v) is 7.18. The van der Waals surface area contributed by atoms with E-state index in [4.69, 9.17) is 11.5 Å². The summed E-state index contributed by atoms with van der Waals surface area (Å²) in [5, 5.41) is 12.6. The number of hydrogen-bond donors (Lipinski definition) is 3. The van der Waals surface area contributed by atoms with Crippen molar-refractivity contribution in [2.24, 2.45) is 11.5 Å². The summed E-state index contributed by atoms with van der Waals surface area (Å²) in [7, 11) is 0. The number of fused-ring (bicyclic) bond motifs is 2. The standard InChI is InChI=1S/C27H31N5O3/c1-16(31-15-25(33)32-10-2-3-21(32)14-28)11-24-22-8-6-19(26(29)34)12-17(22)4-5-18-13-20(27(30)35)7-9-23(18)24/h6-9,12-13,16,21,24,31H,2-5,10-11,15H2,1H3,(H2,29,34)(H2,30,35)/t16-,21?/m0/s1. The molecule has 182 valence electrons. The normalized spacial score (nSPS) is 18.2. The van der Waals surface area contributed by atoms with Gasteiger partial charge in [0.1, 0.15) is 6.04 Å². The molecule has 2 aliphatic rings. The average Bonchev–Trinajstić information content (AvgIpc) is 3.28. The molecule has 1 fully saturated rings. The van der Waals surface area contributed by atoms with Gasteiger partial charge in [0, 0.05) is 29.6 Å². The fourth-order valence-corrected chi connectivity index (χ4v) is 5.32. The third-order valence-electron chi connectivity index (χ3n) is 7.18. The van der Waals surface area contributed by atoms with Crippen molar-refractivity contribution >= 4 is 17.7 Å². The Kier molecular flexibility index (Phi) is 7.17. The first kappa shape index (κ1) is 24.4. The lowest BCUT2D eigenvalue weighted by molar-refractivity contribution is -0.130. The van der Waals surface area contributed by atoms with E-state index in [-0.39, 0.29) is 30.5 Å². The molecular weight excluding hydrogens is 442 g/mol. The molecule has 2 aromatic carbocycles. The SMILES string of the molecule is C[C@@H](CC1c2ccc(C(N)=O)cc2CCc2cc(C(N)=O)ccc21)NCC(=O)N1CCCC1C#N. The number of nitrogens with two attached hydrogens (primary N) is 2. The number of carbonyl (C=O) groups is 3. The van der Waals surface area contributed by atoms with Gasteiger partial charge in [0.25, 0.3) is 0 Å². The molecule has 8 nitrogen and oxygen atoms in total. The summed E-state index contributed by atoms with van der Waals surface area (Å²) in [5.41, 5.74) is 16.3. The number of primary amides is 2. The molecule has 35 heavy (non-hydrogen) atoms. The van der Waals surface area contributed by atoms with Crippen LogP contribution in [0.2, 0.25) is 0 Å². The summed E-state index contributed by atoms with van der Waals surface area (Å²) in [6.45, 7) is 2.84. The summed E-state index contributed by atoms with van der Waals surface area (Å²) >= 11 is 0. The molecule has 1 aliphatic heterocycles. The van der Waals surface area contributed by atoms with Gasteiger partial charge in [0.2, 0.25) is 17.7 Å². The summed E-state index contributed by atoms with van der Waals surface area (Å²) in [5.74, 6) is -0.983. The second-order valence-electron chi connectivity index (χ2n) is 9.50. The maximum absolute atomic E-state index is 12.7. The molecule has 2 atom stereocenters. The number of nitrogens with one attached hydrogen (secondary N) is 1. The Morgan fingerprint density at radius 3 is 2.14 bits per heavy atom. The van der Waals surface area contributed by atoms with E-state index < -0.39 is 11.8 Å². The van der Waals surface area contributed by atoms with Gasteiger partial charge in [0.05, 0.1) is 12.6 Å². The van der Waals surface area contributed by atoms with E-state index in [1.54, 1.807) is 17.0 Å². The topological polar surface area (TPSA) is 142 Å². The number of likely N-dealkylation sites (tertiary alicyclic amines) is 1. The van der Waals surface area contributed by atoms with Crippen molar-refractivity contribution in [1.82, 2.24) is 10.2 Å². The van der Waals surface area contributed by atoms with Crippen molar-refractivity contribution in [2.45, 2.75) is 57.0 Å². The Labute approximate surface area is 205 Å². The van der Waals surface area contributed by atoms with E-state index in [9.17, 15) is 19.6 Å². The van der Waals surface area contributed by atoms with Gasteiger partial charge in [-0.3, -0.25) is 14.4 Å². The third kappa shape index (κ3) is 5.20. The Bertz CT molecular complexity index is 1140. The van der Waals surface area contributed by atoms with E-state index in [2.05, 4.69) is 11.4 Å². The van der Waals surface area contributed by atoms with Gasteiger partial charge in [-0.1, -0.05) is 12.1 Å². The lowest BCUT2D eigenvalue weighted by atomic mass is 9.83. The minimum absolute atomic E-state index is 0.00229. The summed E-state index contributed by atoms with van der Waals surface area (Å²) in [6.07, 6.45) is 3.73. The number of hydrogen-bond acceptors (Lipinski definition) is 5. The van der Waals surface area contributed by atoms with Gasteiger partial charge < -0.3 is 21.7 Å². The van der Waals surface area contributed by atoms with Gasteiger partial charge in [-0.15, -0.1) is 0 Å². The number of amides is 3. The van der Waals surface area contributed by atoms with Gasteiger partial charge in [0.15, 0.2) is 0 Å². The van der Waals surface area contributed by atoms with Crippen molar-refractivity contribution in [3.05, 3.63) is 69.8 Å². The van der Waals surface area contributed by atoms with Gasteiger partial charge >= 0.3 is 0 Å². The lowest BCUT2D eigenvalue weighted by Gasteiger charge is -2.26. The Balaban J connectivity index is 1.58. The van der Waals surface area contributed by atoms with Crippen LogP contribution in [0, 0.1) is 11.3 Å². The number of carbonyl (C=O) groups excluding carboxylic acids is 3. The number of nitriles is 1. The minimum Gasteiger partial charge on any atom is -0.366 e. The highest BCUT2D eigenvalue weighted by Crippen LogP contribution is 2.38. The highest BCUT2D eigenvalue weighted by Gasteiger charge is 2.30. The number of nitrogens with zero attached hydrogens (tertiary/aromatic N) is 2. The van der Waals surface area contributed by atoms with Crippen LogP contribution in [0.4, 0.5) is 0 Å². The molecule has 2 aromatic rings. The van der Waals surface area contributed by atoms with E-state index in [0.717, 1.165) is 35.1 Å². The van der Waals surface area contributed by atoms with Crippen molar-refractivity contribution in [1.29, 1.82) is 5.26 Å². The quantitative estimate of drug-likeness (QED) is 0.564. The minimum atomic E-state index is -0.465. The predicted octanol–water partition coefficient (Wildman–Crippen LogP) is 2.00. The second kappa shape index (κ2) is 10.3. The first-order chi connectivity index (χ1) is 16.8. The number of benzene rings is 2. The largest absolute Gasteiger partial charge is 0.366 e. The summed E-state index contributed by atoms with van der Waals surface area (Å²) in [6, 6.07) is 13.1. The zero-order valence-electron chi connectivity index (χ0n) is 19.9. The zero-order chi connectivity index (χ0) is 25.1. The molecule has 1 saturated heterocycles. The molecule has 8 heteroatoms. The Morgan fingerprint density at radius 2 is 1.63 bits per heavy atom. The van der Waals surface area contributed by atoms with Crippen LogP contribution < -0.4 is 16.8 Å². The van der Waals surface area contributed by atoms with Crippen LogP contribution in [0.5, 0.6) is 0 Å². The van der Waals surface area contributed by atoms with Crippen LogP contribution in [0.15, 0.2) is 36.4 Å². The molecule has 1 heterocycles. The smallest absolute Gasteiger partial charge is 0.248 e. The van der Waals surface area contributed by atoms with Crippen molar-refractivity contribution in [2.75, 3.05) is 13.1 Å². The van der Waals surface area contributed by atoms with Crippen LogP contribution in [0.1, 0.15) is 75.1 Å². The first-order valence-electron chi connectivity index (χ1n) is 12.1. The van der Waals surface area contributed by atoms with E-state index in [1.165, 1.54) is 0 Å². The summed E-state index contributed by atoms with van der Waals surface area (Å²) in [4.78, 5) is 37.9. The van der Waals surface area contributed by atoms with Crippen LogP contribution in [-0.2, 0) is 17.6 Å². The monoisotopic (exact) mass is 473 g/mol. The van der Waals surface area contributed by atoms with Gasteiger partial charge in [-0.25, -0.2) is 0 Å². The number of rotatable bonds is 7. The van der Waals surface area contributed by atoms with Crippen molar-refractivity contribution in [3.8, 4) is 6.07 Å². The molecule has 0 aromatic heterocycles. The highest BCUT2D eigenvalue weighted by atomic mass is 16.2. The molecule has 4 rings (SSSR count). The molecule has 5 N–H and O–H groups in total. The van der Waals surface area contributed by atoms with Crippen LogP contribution in [-0.4, -0.2) is 47.8 Å². The first-order valence-corrected chi connectivity index (χ1v) is 12.1. The second-order valence-corrected chi connectivity index (χ2v) is 9.50. The van der Waals surface area contributed by atoms with Crippen LogP contribution >= 0.6 is 0 Å². The zero-order valence-corrected chi connectivity index (χ0v) is 19.9. The van der Waals surface area contributed by atoms with Gasteiger partial charge in [-0.2, -0.15) is 5.26 Å². The molecule has 0 saturated carbocycles. The fraction of sp³-hybridized carbons (Fsp3) is 0.407. The lowest BCUT2D eigenvalue weighted by Crippen LogP contribution is -2.43. The molecule has 0 spiro atoms. The molecule has 3 amide bonds. The van der Waals surface area contributed by atoms with Gasteiger partial charge in [-0.05, 0) is 85.5 Å². The Morgan fingerprint density at radius 1 is 1.06 bits per heavy atom. The molecule has 1 aliphatic carbocycles. The van der Waals surface area contributed by atoms with E-state index >= 15 is 0 Å². The fourth-order valence-electron chi connectivity index (χ4n) is 5.32. The van der Waals surface area contributed by atoms with E-state index in [1.807, 2.05) is 31.2 Å². The Hall–Kier alpha value is -3.70. The predicted molar refractivity (Wildman–Crippen MR) is 132 cm³/mol. The van der Waals surface area contributed by atoms with Crippen molar-refractivity contribution < 1.29 is 14.4 Å². The maximum atomic E-state index is 12.7. The summed E-state index contributed by atoms with van der Waals surface area (Å²) < 4.78 is 0. The molecule has 1 unspecified atom stereocenters. The average molecular weight is 474 g/mol. The maximum Gasteiger partial charge on any atom is 0.248 e. The van der Waals surface area contributed by atoms with Crippen molar-refractivity contribution in [3.63, 3.8) is 0 Å². The molecule has 0 radical (unpaired) electrons. The number of aryl methyl sites for hydroxylation is 2. The van der Waals surface area contributed by atoms with Crippen LogP contribution in [0.25, 0.3) is 0 Å².